The minimum absolute atomic E-state index is 0.102. The molecule has 2 atom stereocenters. The van der Waals surface area contributed by atoms with Crippen LogP contribution in [0, 0.1) is 11.3 Å². The average Bonchev–Trinajstić information content (AvgIpc) is 2.81. The van der Waals surface area contributed by atoms with Gasteiger partial charge >= 0.3 is 145 Å². The standard InChI is InChI=1S/C19H26O3Se/c1-22-18(21)19(13-8-14-20)12-7-3-4-9-16(19)15-23-17-10-5-2-6-11-17/h2,5-6,10-11,14,16H,3-4,7-9,12-13,15H2,1H3/t16-,19+/m1/s1. The van der Waals surface area contributed by atoms with Crippen LogP contribution in [0.5, 0.6) is 0 Å². The molecule has 0 unspecified atom stereocenters. The Labute approximate surface area is 145 Å². The van der Waals surface area contributed by atoms with Crippen molar-refractivity contribution in [1.82, 2.24) is 0 Å². The Bertz CT molecular complexity index is 503. The van der Waals surface area contributed by atoms with Gasteiger partial charge in [0.15, 0.2) is 0 Å². The summed E-state index contributed by atoms with van der Waals surface area (Å²) in [7, 11) is 1.48. The number of ether oxygens (including phenoxy) is 1. The van der Waals surface area contributed by atoms with Crippen LogP contribution < -0.4 is 4.46 Å². The van der Waals surface area contributed by atoms with Crippen LogP contribution in [0.3, 0.4) is 0 Å². The van der Waals surface area contributed by atoms with Crippen molar-refractivity contribution in [2.24, 2.45) is 11.3 Å². The van der Waals surface area contributed by atoms with Gasteiger partial charge in [-0.05, 0) is 0 Å². The summed E-state index contributed by atoms with van der Waals surface area (Å²) >= 11 is 0.358. The van der Waals surface area contributed by atoms with Crippen LogP contribution in [-0.4, -0.2) is 34.3 Å². The number of carbonyl (C=O) groups excluding carboxylic acids is 2. The third kappa shape index (κ3) is 4.68. The van der Waals surface area contributed by atoms with Crippen molar-refractivity contribution in [3.63, 3.8) is 0 Å². The number of benzene rings is 1. The molecule has 0 spiro atoms. The molecule has 1 fully saturated rings. The van der Waals surface area contributed by atoms with Crippen molar-refractivity contribution in [3.8, 4) is 0 Å². The Morgan fingerprint density at radius 3 is 2.78 bits per heavy atom. The topological polar surface area (TPSA) is 43.4 Å². The van der Waals surface area contributed by atoms with Gasteiger partial charge in [0.25, 0.3) is 0 Å². The summed E-state index contributed by atoms with van der Waals surface area (Å²) in [5.74, 6) is 0.229. The van der Waals surface area contributed by atoms with Crippen LogP contribution in [0.15, 0.2) is 30.3 Å². The summed E-state index contributed by atoms with van der Waals surface area (Å²) in [6.45, 7) is 0. The molecule has 0 bridgehead atoms. The third-order valence-electron chi connectivity index (χ3n) is 4.95. The summed E-state index contributed by atoms with van der Waals surface area (Å²) in [5.41, 5.74) is -0.456. The fraction of sp³-hybridized carbons (Fsp3) is 0.579. The summed E-state index contributed by atoms with van der Waals surface area (Å²) in [4.78, 5) is 23.6. The van der Waals surface area contributed by atoms with E-state index in [4.69, 9.17) is 4.74 Å². The Morgan fingerprint density at radius 2 is 2.09 bits per heavy atom. The van der Waals surface area contributed by atoms with E-state index in [0.717, 1.165) is 30.9 Å². The van der Waals surface area contributed by atoms with Crippen molar-refractivity contribution in [2.45, 2.75) is 50.3 Å². The SMILES string of the molecule is COC(=O)[C@]1(CCC=O)CCCCC[C@@H]1C[Se]c1ccccc1. The number of hydrogen-bond acceptors (Lipinski definition) is 3. The Kier molecular flexibility index (Phi) is 7.32. The van der Waals surface area contributed by atoms with Gasteiger partial charge in [0.2, 0.25) is 0 Å². The molecular weight excluding hydrogens is 355 g/mol. The van der Waals surface area contributed by atoms with Gasteiger partial charge in [-0.25, -0.2) is 0 Å². The molecule has 1 aliphatic carbocycles. The van der Waals surface area contributed by atoms with E-state index in [-0.39, 0.29) is 5.97 Å². The summed E-state index contributed by atoms with van der Waals surface area (Å²) in [5, 5.41) is 1.05. The molecule has 1 aromatic carbocycles. The summed E-state index contributed by atoms with van der Waals surface area (Å²) in [6, 6.07) is 10.5. The predicted molar refractivity (Wildman–Crippen MR) is 93.0 cm³/mol. The van der Waals surface area contributed by atoms with Crippen molar-refractivity contribution < 1.29 is 14.3 Å². The van der Waals surface area contributed by atoms with Crippen LogP contribution in [0.4, 0.5) is 0 Å². The first-order valence-corrected chi connectivity index (χ1v) is 10.5. The van der Waals surface area contributed by atoms with Gasteiger partial charge in [-0.2, -0.15) is 0 Å². The normalized spacial score (nSPS) is 24.7. The summed E-state index contributed by atoms with van der Waals surface area (Å²) < 4.78 is 6.55. The molecule has 4 heteroatoms. The summed E-state index contributed by atoms with van der Waals surface area (Å²) in [6.07, 6.45) is 7.37. The Balaban J connectivity index is 2.18. The van der Waals surface area contributed by atoms with Crippen LogP contribution in [0.1, 0.15) is 44.9 Å². The minimum atomic E-state index is -0.456. The monoisotopic (exact) mass is 382 g/mol. The first-order valence-electron chi connectivity index (χ1n) is 8.43. The zero-order valence-corrected chi connectivity index (χ0v) is 15.5. The number of esters is 1. The quantitative estimate of drug-likeness (QED) is 0.315. The van der Waals surface area contributed by atoms with E-state index in [9.17, 15) is 9.59 Å². The van der Waals surface area contributed by atoms with Crippen LogP contribution >= 0.6 is 0 Å². The number of carbonyl (C=O) groups is 2. The maximum absolute atomic E-state index is 12.6. The first kappa shape index (κ1) is 18.2. The first-order chi connectivity index (χ1) is 11.2. The number of hydrogen-bond donors (Lipinski definition) is 0. The Morgan fingerprint density at radius 1 is 1.30 bits per heavy atom. The molecule has 0 aliphatic heterocycles. The van der Waals surface area contributed by atoms with E-state index in [2.05, 4.69) is 24.3 Å². The van der Waals surface area contributed by atoms with Gasteiger partial charge in [0, 0.05) is 0 Å². The van der Waals surface area contributed by atoms with E-state index in [1.54, 1.807) is 0 Å². The molecule has 0 radical (unpaired) electrons. The van der Waals surface area contributed by atoms with Crippen molar-refractivity contribution in [3.05, 3.63) is 30.3 Å². The predicted octanol–water partition coefficient (Wildman–Crippen LogP) is 3.15. The van der Waals surface area contributed by atoms with E-state index >= 15 is 0 Å². The van der Waals surface area contributed by atoms with E-state index in [1.165, 1.54) is 24.4 Å². The fourth-order valence-corrected chi connectivity index (χ4v) is 6.24. The van der Waals surface area contributed by atoms with E-state index < -0.39 is 5.41 Å². The molecule has 1 aromatic rings. The molecule has 1 saturated carbocycles. The second kappa shape index (κ2) is 9.24. The molecule has 0 saturated heterocycles. The average molecular weight is 381 g/mol. The molecule has 3 nitrogen and oxygen atoms in total. The van der Waals surface area contributed by atoms with E-state index in [0.29, 0.717) is 33.7 Å². The molecule has 126 valence electrons. The zero-order valence-electron chi connectivity index (χ0n) is 13.8. The molecule has 1 aliphatic rings. The fourth-order valence-electron chi connectivity index (χ4n) is 3.66. The number of aldehydes is 1. The molecule has 0 aromatic heterocycles. The number of rotatable bonds is 7. The zero-order chi connectivity index (χ0) is 16.5. The molecule has 0 amide bonds. The maximum atomic E-state index is 12.6. The van der Waals surface area contributed by atoms with Crippen LogP contribution in [0.2, 0.25) is 5.32 Å². The van der Waals surface area contributed by atoms with E-state index in [1.807, 2.05) is 6.07 Å². The second-order valence-electron chi connectivity index (χ2n) is 6.27. The van der Waals surface area contributed by atoms with Gasteiger partial charge < -0.3 is 0 Å². The molecule has 0 heterocycles. The van der Waals surface area contributed by atoms with Gasteiger partial charge in [-0.1, -0.05) is 0 Å². The van der Waals surface area contributed by atoms with Crippen molar-refractivity contribution in [1.29, 1.82) is 0 Å². The van der Waals surface area contributed by atoms with Crippen LogP contribution in [-0.2, 0) is 14.3 Å². The molecular formula is C19H26O3Se. The van der Waals surface area contributed by atoms with Crippen molar-refractivity contribution in [2.75, 3.05) is 7.11 Å². The number of methoxy groups -OCH3 is 1. The van der Waals surface area contributed by atoms with Crippen LogP contribution in [0.25, 0.3) is 0 Å². The second-order valence-corrected chi connectivity index (χ2v) is 8.57. The Hall–Kier alpha value is -1.12. The van der Waals surface area contributed by atoms with Gasteiger partial charge in [0.05, 0.1) is 0 Å². The van der Waals surface area contributed by atoms with Gasteiger partial charge in [-0.15, -0.1) is 0 Å². The van der Waals surface area contributed by atoms with Gasteiger partial charge in [0.1, 0.15) is 0 Å². The van der Waals surface area contributed by atoms with Gasteiger partial charge in [-0.3, -0.25) is 0 Å². The molecule has 2 rings (SSSR count). The third-order valence-corrected chi connectivity index (χ3v) is 7.42. The molecule has 23 heavy (non-hydrogen) atoms. The van der Waals surface area contributed by atoms with Crippen molar-refractivity contribution >= 4 is 31.7 Å². The molecule has 0 N–H and O–H groups in total.